The van der Waals surface area contributed by atoms with Crippen LogP contribution in [0.3, 0.4) is 0 Å². The molecular formula is C11H14FNO2. The number of hydrogen-bond acceptors (Lipinski definition) is 3. The van der Waals surface area contributed by atoms with Crippen LogP contribution in [-0.4, -0.2) is 16.2 Å². The van der Waals surface area contributed by atoms with Gasteiger partial charge < -0.3 is 9.84 Å². The molecule has 0 aliphatic heterocycles. The predicted molar refractivity (Wildman–Crippen MR) is 53.0 cm³/mol. The van der Waals surface area contributed by atoms with Gasteiger partial charge in [0.25, 0.3) is 5.88 Å². The molecular weight excluding hydrogens is 197 g/mol. The smallest absolute Gasteiger partial charge is 0.251 e. The molecule has 0 atom stereocenters. The van der Waals surface area contributed by atoms with Gasteiger partial charge in [0.15, 0.2) is 5.82 Å². The summed E-state index contributed by atoms with van der Waals surface area (Å²) in [6.45, 7) is -0.324. The molecule has 0 unspecified atom stereocenters. The lowest BCUT2D eigenvalue weighted by Gasteiger charge is -2.13. The molecule has 0 radical (unpaired) electrons. The Kier molecular flexibility index (Phi) is 3.16. The molecule has 2 rings (SSSR count). The summed E-state index contributed by atoms with van der Waals surface area (Å²) in [5, 5.41) is 8.88. The zero-order valence-electron chi connectivity index (χ0n) is 8.45. The topological polar surface area (TPSA) is 42.4 Å². The molecule has 1 aromatic rings. The van der Waals surface area contributed by atoms with Crippen LogP contribution in [0, 0.1) is 5.82 Å². The molecule has 0 amide bonds. The third-order valence-corrected chi connectivity index (χ3v) is 2.69. The van der Waals surface area contributed by atoms with Crippen LogP contribution in [0.5, 0.6) is 5.88 Å². The zero-order valence-corrected chi connectivity index (χ0v) is 8.45. The molecule has 1 N–H and O–H groups in total. The lowest BCUT2D eigenvalue weighted by atomic mass is 10.2. The minimum absolute atomic E-state index is 0.0217. The van der Waals surface area contributed by atoms with E-state index in [4.69, 9.17) is 9.84 Å². The Morgan fingerprint density at radius 1 is 1.47 bits per heavy atom. The van der Waals surface area contributed by atoms with E-state index in [-0.39, 0.29) is 24.2 Å². The van der Waals surface area contributed by atoms with Crippen molar-refractivity contribution in [3.63, 3.8) is 0 Å². The van der Waals surface area contributed by atoms with Crippen molar-refractivity contribution in [3.8, 4) is 5.88 Å². The maximum absolute atomic E-state index is 13.6. The van der Waals surface area contributed by atoms with Crippen LogP contribution < -0.4 is 4.74 Å². The molecule has 0 spiro atoms. The molecule has 0 aromatic carbocycles. The van der Waals surface area contributed by atoms with Crippen LogP contribution in [0.2, 0.25) is 0 Å². The van der Waals surface area contributed by atoms with E-state index in [0.29, 0.717) is 0 Å². The number of hydrogen-bond donors (Lipinski definition) is 1. The van der Waals surface area contributed by atoms with Gasteiger partial charge in [-0.15, -0.1) is 0 Å². The third-order valence-electron chi connectivity index (χ3n) is 2.69. The minimum Gasteiger partial charge on any atom is -0.472 e. The lowest BCUT2D eigenvalue weighted by molar-refractivity contribution is 0.188. The Morgan fingerprint density at radius 2 is 2.20 bits per heavy atom. The molecule has 4 heteroatoms. The third kappa shape index (κ3) is 2.26. The van der Waals surface area contributed by atoms with Gasteiger partial charge in [-0.3, -0.25) is 0 Å². The van der Waals surface area contributed by atoms with Crippen molar-refractivity contribution < 1.29 is 14.2 Å². The van der Waals surface area contributed by atoms with Gasteiger partial charge in [-0.05, 0) is 31.7 Å². The van der Waals surface area contributed by atoms with E-state index >= 15 is 0 Å². The van der Waals surface area contributed by atoms with Crippen molar-refractivity contribution in [1.82, 2.24) is 4.98 Å². The minimum atomic E-state index is -0.535. The van der Waals surface area contributed by atoms with E-state index < -0.39 is 5.82 Å². The molecule has 3 nitrogen and oxygen atoms in total. The number of aliphatic hydroxyl groups excluding tert-OH is 1. The van der Waals surface area contributed by atoms with E-state index in [1.165, 1.54) is 12.3 Å². The van der Waals surface area contributed by atoms with Crippen LogP contribution in [0.25, 0.3) is 0 Å². The number of ether oxygens (including phenoxy) is 1. The number of pyridine rings is 1. The van der Waals surface area contributed by atoms with E-state index in [0.717, 1.165) is 25.7 Å². The van der Waals surface area contributed by atoms with Crippen LogP contribution in [-0.2, 0) is 6.61 Å². The van der Waals surface area contributed by atoms with Gasteiger partial charge in [-0.25, -0.2) is 9.37 Å². The Labute approximate surface area is 87.9 Å². The molecule has 1 fully saturated rings. The molecule has 1 aliphatic rings. The number of aliphatic hydroxyl groups is 1. The molecule has 1 heterocycles. The summed E-state index contributed by atoms with van der Waals surface area (Å²) in [6.07, 6.45) is 5.73. The molecule has 0 saturated heterocycles. The summed E-state index contributed by atoms with van der Waals surface area (Å²) in [4.78, 5) is 3.84. The fraction of sp³-hybridized carbons (Fsp3) is 0.545. The highest BCUT2D eigenvalue weighted by molar-refractivity contribution is 5.23. The van der Waals surface area contributed by atoms with Gasteiger partial charge in [0, 0.05) is 11.8 Å². The Morgan fingerprint density at radius 3 is 2.87 bits per heavy atom. The van der Waals surface area contributed by atoms with Crippen molar-refractivity contribution in [2.75, 3.05) is 0 Å². The van der Waals surface area contributed by atoms with Crippen LogP contribution >= 0.6 is 0 Å². The Bertz CT molecular complexity index is 337. The monoisotopic (exact) mass is 211 g/mol. The number of halogens is 1. The molecule has 1 aliphatic carbocycles. The van der Waals surface area contributed by atoms with E-state index in [2.05, 4.69) is 4.98 Å². The first-order chi connectivity index (χ1) is 7.31. The first-order valence-electron chi connectivity index (χ1n) is 5.22. The number of aromatic nitrogens is 1. The highest BCUT2D eigenvalue weighted by Crippen LogP contribution is 2.25. The van der Waals surface area contributed by atoms with Crippen molar-refractivity contribution in [3.05, 3.63) is 23.6 Å². The normalized spacial score (nSPS) is 16.9. The maximum atomic E-state index is 13.6. The van der Waals surface area contributed by atoms with Gasteiger partial charge in [-0.2, -0.15) is 0 Å². The average molecular weight is 211 g/mol. The van der Waals surface area contributed by atoms with Crippen molar-refractivity contribution in [2.45, 2.75) is 38.4 Å². The van der Waals surface area contributed by atoms with Crippen molar-refractivity contribution in [1.29, 1.82) is 0 Å². The van der Waals surface area contributed by atoms with Gasteiger partial charge in [0.05, 0.1) is 6.61 Å². The standard InChI is InChI=1S/C11H14FNO2/c12-10-8(7-14)5-6-13-11(10)15-9-3-1-2-4-9/h5-6,9,14H,1-4,7H2. The summed E-state index contributed by atoms with van der Waals surface area (Å²) in [5.41, 5.74) is 0.234. The largest absolute Gasteiger partial charge is 0.472 e. The van der Waals surface area contributed by atoms with Gasteiger partial charge in [0.1, 0.15) is 6.10 Å². The molecule has 0 bridgehead atoms. The second-order valence-corrected chi connectivity index (χ2v) is 3.77. The van der Waals surface area contributed by atoms with Crippen molar-refractivity contribution >= 4 is 0 Å². The van der Waals surface area contributed by atoms with Crippen LogP contribution in [0.4, 0.5) is 4.39 Å². The molecule has 15 heavy (non-hydrogen) atoms. The summed E-state index contributed by atoms with van der Waals surface area (Å²) in [7, 11) is 0. The van der Waals surface area contributed by atoms with Crippen molar-refractivity contribution in [2.24, 2.45) is 0 Å². The average Bonchev–Trinajstić information content (AvgIpc) is 2.74. The second-order valence-electron chi connectivity index (χ2n) is 3.77. The Hall–Kier alpha value is -1.16. The number of nitrogens with zero attached hydrogens (tertiary/aromatic N) is 1. The van der Waals surface area contributed by atoms with E-state index in [1.807, 2.05) is 0 Å². The van der Waals surface area contributed by atoms with E-state index in [9.17, 15) is 4.39 Å². The first kappa shape index (κ1) is 10.4. The maximum Gasteiger partial charge on any atom is 0.251 e. The first-order valence-corrected chi connectivity index (χ1v) is 5.22. The molecule has 1 aromatic heterocycles. The molecule has 1 saturated carbocycles. The SMILES string of the molecule is OCc1ccnc(OC2CCCC2)c1F. The summed E-state index contributed by atoms with van der Waals surface area (Å²) < 4.78 is 19.0. The zero-order chi connectivity index (χ0) is 10.7. The van der Waals surface area contributed by atoms with Gasteiger partial charge >= 0.3 is 0 Å². The van der Waals surface area contributed by atoms with Gasteiger partial charge in [-0.1, -0.05) is 0 Å². The fourth-order valence-corrected chi connectivity index (χ4v) is 1.83. The molecule has 82 valence electrons. The highest BCUT2D eigenvalue weighted by Gasteiger charge is 2.19. The predicted octanol–water partition coefficient (Wildman–Crippen LogP) is 2.03. The van der Waals surface area contributed by atoms with E-state index in [1.54, 1.807) is 0 Å². The Balaban J connectivity index is 2.13. The summed E-state index contributed by atoms with van der Waals surface area (Å²) in [5.74, 6) is -0.514. The van der Waals surface area contributed by atoms with Gasteiger partial charge in [0.2, 0.25) is 0 Å². The van der Waals surface area contributed by atoms with Crippen LogP contribution in [0.15, 0.2) is 12.3 Å². The number of rotatable bonds is 3. The summed E-state index contributed by atoms with van der Waals surface area (Å²) >= 11 is 0. The summed E-state index contributed by atoms with van der Waals surface area (Å²) in [6, 6.07) is 1.46. The fourth-order valence-electron chi connectivity index (χ4n) is 1.83. The second kappa shape index (κ2) is 4.57. The lowest BCUT2D eigenvalue weighted by Crippen LogP contribution is -2.13. The highest BCUT2D eigenvalue weighted by atomic mass is 19.1. The van der Waals surface area contributed by atoms with Crippen LogP contribution in [0.1, 0.15) is 31.2 Å². The quantitative estimate of drug-likeness (QED) is 0.831.